The molecule has 0 aliphatic heterocycles. The van der Waals surface area contributed by atoms with Crippen molar-refractivity contribution in [1.29, 1.82) is 0 Å². The fourth-order valence-electron chi connectivity index (χ4n) is 3.24. The molecule has 8 N–H and O–H groups in total. The molecule has 10 nitrogen and oxygen atoms in total. The molecule has 0 spiro atoms. The van der Waals surface area contributed by atoms with Gasteiger partial charge < -0.3 is 27.0 Å². The number of benzene rings is 2. The van der Waals surface area contributed by atoms with Crippen molar-refractivity contribution in [2.24, 2.45) is 10.7 Å². The lowest BCUT2D eigenvalue weighted by Crippen LogP contribution is -2.38. The monoisotopic (exact) mass is 497 g/mol. The second kappa shape index (κ2) is 12.5. The minimum Gasteiger partial charge on any atom is -0.491 e. The van der Waals surface area contributed by atoms with Gasteiger partial charge in [0.25, 0.3) is 5.91 Å². The highest BCUT2D eigenvalue weighted by atomic mass is 35.5. The van der Waals surface area contributed by atoms with E-state index in [1.165, 1.54) is 5.56 Å². The molecule has 1 aromatic heterocycles. The number of hydrogen-bond acceptors (Lipinski definition) is 8. The van der Waals surface area contributed by atoms with E-state index in [9.17, 15) is 4.79 Å². The Morgan fingerprint density at radius 1 is 1.00 bits per heavy atom. The van der Waals surface area contributed by atoms with E-state index in [0.717, 1.165) is 36.1 Å². The number of ether oxygens (including phenoxy) is 1. The number of carbonyl (C=O) groups is 1. The maximum Gasteiger partial charge on any atom is 0.280 e. The van der Waals surface area contributed by atoms with Gasteiger partial charge in [-0.05, 0) is 48.1 Å². The summed E-state index contributed by atoms with van der Waals surface area (Å²) in [6.07, 6.45) is 2.60. The molecule has 0 fully saturated rings. The van der Waals surface area contributed by atoms with E-state index >= 15 is 0 Å². The summed E-state index contributed by atoms with van der Waals surface area (Å²) < 4.78 is 5.39. The second-order valence-corrected chi connectivity index (χ2v) is 7.96. The Morgan fingerprint density at radius 3 is 2.31 bits per heavy atom. The van der Waals surface area contributed by atoms with Gasteiger partial charge in [0.05, 0.1) is 6.61 Å². The zero-order valence-corrected chi connectivity index (χ0v) is 19.8. The molecule has 3 rings (SSSR count). The largest absolute Gasteiger partial charge is 0.491 e. The van der Waals surface area contributed by atoms with Crippen LogP contribution in [0.1, 0.15) is 28.9 Å². The third-order valence-corrected chi connectivity index (χ3v) is 5.30. The lowest BCUT2D eigenvalue weighted by Gasteiger charge is -2.08. The summed E-state index contributed by atoms with van der Waals surface area (Å²) in [5.41, 5.74) is 20.2. The standard InChI is InChI=1S/C24H28ClN7O3/c25-20-22(27)31-21(26)19(30-20)23(34)32-24(28)29-12-2-1-3-15-4-6-16(7-5-15)17-8-10-18(11-9-17)35-14-13-33/h4-11,33H,1-3,12-14H2,(H4,26,27,31)(H3,28,29,32,34). The van der Waals surface area contributed by atoms with Gasteiger partial charge in [-0.25, -0.2) is 9.97 Å². The Kier molecular flexibility index (Phi) is 9.22. The van der Waals surface area contributed by atoms with E-state index in [0.29, 0.717) is 6.54 Å². The molecular formula is C24H28ClN7O3. The van der Waals surface area contributed by atoms with E-state index in [4.69, 9.17) is 38.6 Å². The Bertz CT molecular complexity index is 1170. The highest BCUT2D eigenvalue weighted by Crippen LogP contribution is 2.23. The molecule has 0 saturated heterocycles. The van der Waals surface area contributed by atoms with E-state index in [-0.39, 0.29) is 41.7 Å². The molecule has 1 amide bonds. The molecule has 11 heteroatoms. The van der Waals surface area contributed by atoms with Crippen LogP contribution in [0, 0.1) is 0 Å². The quantitative estimate of drug-likeness (QED) is 0.161. The van der Waals surface area contributed by atoms with Gasteiger partial charge in [-0.2, -0.15) is 0 Å². The molecule has 0 unspecified atom stereocenters. The van der Waals surface area contributed by atoms with Gasteiger partial charge in [-0.15, -0.1) is 0 Å². The maximum absolute atomic E-state index is 12.2. The molecule has 0 aliphatic rings. The number of aliphatic hydroxyl groups is 1. The van der Waals surface area contributed by atoms with Gasteiger partial charge in [0.2, 0.25) is 0 Å². The molecule has 0 atom stereocenters. The number of carbonyl (C=O) groups excluding carboxylic acids is 1. The summed E-state index contributed by atoms with van der Waals surface area (Å²) in [7, 11) is 0. The van der Waals surface area contributed by atoms with Crippen LogP contribution in [0.15, 0.2) is 53.5 Å². The van der Waals surface area contributed by atoms with Crippen LogP contribution in [-0.4, -0.2) is 46.7 Å². The van der Waals surface area contributed by atoms with Crippen molar-refractivity contribution in [2.45, 2.75) is 19.3 Å². The molecule has 35 heavy (non-hydrogen) atoms. The normalized spacial score (nSPS) is 11.3. The van der Waals surface area contributed by atoms with E-state index in [1.54, 1.807) is 0 Å². The van der Waals surface area contributed by atoms with Crippen molar-refractivity contribution in [1.82, 2.24) is 15.3 Å². The number of nitrogens with one attached hydrogen (secondary N) is 1. The van der Waals surface area contributed by atoms with Crippen LogP contribution in [-0.2, 0) is 6.42 Å². The van der Waals surface area contributed by atoms with E-state index in [1.807, 2.05) is 24.3 Å². The first-order chi connectivity index (χ1) is 16.9. The third kappa shape index (κ3) is 7.56. The predicted octanol–water partition coefficient (Wildman–Crippen LogP) is 2.40. The molecule has 0 saturated carbocycles. The number of guanidine groups is 1. The lowest BCUT2D eigenvalue weighted by atomic mass is 10.0. The molecule has 184 valence electrons. The summed E-state index contributed by atoms with van der Waals surface area (Å²) in [5, 5.41) is 11.1. The van der Waals surface area contributed by atoms with Crippen LogP contribution in [0.4, 0.5) is 11.6 Å². The number of hydrogen-bond donors (Lipinski definition) is 5. The maximum atomic E-state index is 12.2. The number of rotatable bonds is 10. The summed E-state index contributed by atoms with van der Waals surface area (Å²) in [6.45, 7) is 0.729. The number of aromatic nitrogens is 2. The second-order valence-electron chi connectivity index (χ2n) is 7.61. The number of unbranched alkanes of at least 4 members (excludes halogenated alkanes) is 1. The van der Waals surface area contributed by atoms with Gasteiger partial charge in [0, 0.05) is 6.54 Å². The van der Waals surface area contributed by atoms with Crippen molar-refractivity contribution in [2.75, 3.05) is 31.2 Å². The van der Waals surface area contributed by atoms with Crippen molar-refractivity contribution < 1.29 is 14.6 Å². The van der Waals surface area contributed by atoms with Crippen molar-refractivity contribution in [3.8, 4) is 16.9 Å². The predicted molar refractivity (Wildman–Crippen MR) is 137 cm³/mol. The summed E-state index contributed by atoms with van der Waals surface area (Å²) in [4.78, 5) is 24.0. The highest BCUT2D eigenvalue weighted by molar-refractivity contribution is 6.31. The molecule has 3 aromatic rings. The molecular weight excluding hydrogens is 470 g/mol. The van der Waals surface area contributed by atoms with Crippen LogP contribution in [0.5, 0.6) is 5.75 Å². The Balaban J connectivity index is 1.42. The van der Waals surface area contributed by atoms with Gasteiger partial charge >= 0.3 is 0 Å². The van der Waals surface area contributed by atoms with Gasteiger partial charge in [0.15, 0.2) is 28.4 Å². The van der Waals surface area contributed by atoms with E-state index < -0.39 is 5.91 Å². The Labute approximate surface area is 208 Å². The van der Waals surface area contributed by atoms with Crippen molar-refractivity contribution in [3.63, 3.8) is 0 Å². The number of halogens is 1. The lowest BCUT2D eigenvalue weighted by molar-refractivity contribution is 0.0972. The number of aliphatic hydroxyl groups excluding tert-OH is 1. The fourth-order valence-corrected chi connectivity index (χ4v) is 3.36. The first-order valence-electron chi connectivity index (χ1n) is 11.0. The molecule has 0 bridgehead atoms. The van der Waals surface area contributed by atoms with Crippen molar-refractivity contribution in [3.05, 3.63) is 64.9 Å². The van der Waals surface area contributed by atoms with Crippen LogP contribution >= 0.6 is 11.6 Å². The number of aryl methyl sites for hydroxylation is 1. The van der Waals surface area contributed by atoms with Crippen LogP contribution in [0.2, 0.25) is 5.15 Å². The number of anilines is 2. The Hall–Kier alpha value is -3.89. The average molecular weight is 498 g/mol. The first-order valence-corrected chi connectivity index (χ1v) is 11.4. The van der Waals surface area contributed by atoms with Crippen LogP contribution in [0.3, 0.4) is 0 Å². The first kappa shape index (κ1) is 25.7. The van der Waals surface area contributed by atoms with E-state index in [2.05, 4.69) is 44.5 Å². The number of nitrogens with zero attached hydrogens (tertiary/aromatic N) is 3. The number of aliphatic imine (C=N–C) groups is 1. The Morgan fingerprint density at radius 2 is 1.66 bits per heavy atom. The average Bonchev–Trinajstić information content (AvgIpc) is 2.85. The van der Waals surface area contributed by atoms with Gasteiger partial charge in [-0.1, -0.05) is 48.0 Å². The summed E-state index contributed by atoms with van der Waals surface area (Å²) >= 11 is 5.79. The molecule has 2 aromatic carbocycles. The number of nitrogen functional groups attached to an aromatic ring is 2. The van der Waals surface area contributed by atoms with Gasteiger partial charge in [0.1, 0.15) is 12.4 Å². The topological polar surface area (TPSA) is 175 Å². The summed E-state index contributed by atoms with van der Waals surface area (Å²) in [6, 6.07) is 16.1. The fraction of sp³-hybridized carbons (Fsp3) is 0.250. The molecule has 1 heterocycles. The number of nitrogens with two attached hydrogens (primary N) is 3. The minimum absolute atomic E-state index is 0.00899. The smallest absolute Gasteiger partial charge is 0.280 e. The van der Waals surface area contributed by atoms with Crippen LogP contribution < -0.4 is 27.3 Å². The SMILES string of the molecule is NC(=NCCCCc1ccc(-c2ccc(OCCO)cc2)cc1)NC(=O)c1nc(Cl)c(N)nc1N. The zero-order chi connectivity index (χ0) is 25.2. The zero-order valence-electron chi connectivity index (χ0n) is 19.1. The molecule has 0 aliphatic carbocycles. The minimum atomic E-state index is -0.662. The van der Waals surface area contributed by atoms with Crippen molar-refractivity contribution >= 4 is 35.1 Å². The highest BCUT2D eigenvalue weighted by Gasteiger charge is 2.16. The summed E-state index contributed by atoms with van der Waals surface area (Å²) in [5.74, 6) is -0.176. The number of amides is 1. The van der Waals surface area contributed by atoms with Gasteiger partial charge in [-0.3, -0.25) is 15.1 Å². The van der Waals surface area contributed by atoms with Crippen LogP contribution in [0.25, 0.3) is 11.1 Å². The third-order valence-electron chi connectivity index (χ3n) is 5.02. The molecule has 0 radical (unpaired) electrons.